The van der Waals surface area contributed by atoms with Crippen molar-refractivity contribution in [2.75, 3.05) is 6.54 Å². The Labute approximate surface area is 123 Å². The number of rotatable bonds is 2. The monoisotopic (exact) mass is 285 g/mol. The average Bonchev–Trinajstić information content (AvgIpc) is 2.52. The van der Waals surface area contributed by atoms with E-state index in [1.165, 1.54) is 24.3 Å². The van der Waals surface area contributed by atoms with E-state index in [0.29, 0.717) is 12.0 Å². The van der Waals surface area contributed by atoms with Gasteiger partial charge in [-0.2, -0.15) is 0 Å². The third-order valence-electron chi connectivity index (χ3n) is 5.24. The van der Waals surface area contributed by atoms with E-state index >= 15 is 0 Å². The summed E-state index contributed by atoms with van der Waals surface area (Å²) in [5.41, 5.74) is 2.12. The van der Waals surface area contributed by atoms with Crippen LogP contribution >= 0.6 is 0 Å². The smallest absolute Gasteiger partial charge is 0.123 e. The molecule has 2 unspecified atom stereocenters. The van der Waals surface area contributed by atoms with Gasteiger partial charge < -0.3 is 5.32 Å². The number of nitrogens with one attached hydrogen (secondary N) is 1. The highest BCUT2D eigenvalue weighted by atomic mass is 19.1. The van der Waals surface area contributed by atoms with Crippen molar-refractivity contribution in [1.82, 2.24) is 5.32 Å². The summed E-state index contributed by atoms with van der Waals surface area (Å²) >= 11 is 0. The third kappa shape index (κ3) is 1.77. The fraction of sp³-hybridized carbons (Fsp3) is 0.333. The Bertz CT molecular complexity index is 586. The number of halogens is 2. The Kier molecular flexibility index (Phi) is 2.86. The van der Waals surface area contributed by atoms with Crippen LogP contribution in [0.25, 0.3) is 0 Å². The van der Waals surface area contributed by atoms with E-state index in [2.05, 4.69) is 5.32 Å². The van der Waals surface area contributed by atoms with Crippen LogP contribution in [-0.4, -0.2) is 12.6 Å². The molecule has 2 fully saturated rings. The standard InChI is InChI=1S/C18H17F2N/c19-15-5-1-12(2-6-15)18(13-3-7-16(20)8-4-13)14-9-10-21-17(18)11-14/h1-8,14,17,21H,9-11H2. The summed E-state index contributed by atoms with van der Waals surface area (Å²) in [4.78, 5) is 0. The van der Waals surface area contributed by atoms with E-state index in [4.69, 9.17) is 0 Å². The zero-order valence-corrected chi connectivity index (χ0v) is 11.7. The fourth-order valence-electron chi connectivity index (χ4n) is 4.29. The second kappa shape index (κ2) is 4.63. The van der Waals surface area contributed by atoms with Gasteiger partial charge in [-0.1, -0.05) is 24.3 Å². The van der Waals surface area contributed by atoms with Crippen LogP contribution < -0.4 is 5.32 Å². The van der Waals surface area contributed by atoms with Gasteiger partial charge in [0, 0.05) is 11.5 Å². The van der Waals surface area contributed by atoms with Crippen molar-refractivity contribution in [2.45, 2.75) is 24.3 Å². The molecule has 1 nitrogen and oxygen atoms in total. The summed E-state index contributed by atoms with van der Waals surface area (Å²) in [6.07, 6.45) is 2.24. The Morgan fingerprint density at radius 1 is 0.857 bits per heavy atom. The van der Waals surface area contributed by atoms with Gasteiger partial charge >= 0.3 is 0 Å². The first-order valence-electron chi connectivity index (χ1n) is 7.47. The molecule has 1 saturated carbocycles. The van der Waals surface area contributed by atoms with Crippen molar-refractivity contribution in [3.63, 3.8) is 0 Å². The molecule has 0 aromatic heterocycles. The van der Waals surface area contributed by atoms with Crippen molar-refractivity contribution in [1.29, 1.82) is 0 Å². The highest BCUT2D eigenvalue weighted by molar-refractivity contribution is 5.47. The molecule has 2 bridgehead atoms. The summed E-state index contributed by atoms with van der Waals surface area (Å²) in [6.45, 7) is 1.03. The summed E-state index contributed by atoms with van der Waals surface area (Å²) in [6, 6.07) is 14.0. The lowest BCUT2D eigenvalue weighted by Crippen LogP contribution is -2.67. The average molecular weight is 285 g/mol. The number of fused-ring (bicyclic) bond motifs is 2. The number of benzene rings is 2. The van der Waals surface area contributed by atoms with Crippen molar-refractivity contribution in [3.8, 4) is 0 Å². The summed E-state index contributed by atoms with van der Waals surface area (Å²) in [5, 5.41) is 3.58. The van der Waals surface area contributed by atoms with E-state index in [1.54, 1.807) is 0 Å². The van der Waals surface area contributed by atoms with Crippen molar-refractivity contribution in [3.05, 3.63) is 71.3 Å². The molecule has 0 spiro atoms. The van der Waals surface area contributed by atoms with Gasteiger partial charge in [0.1, 0.15) is 11.6 Å². The van der Waals surface area contributed by atoms with Crippen molar-refractivity contribution >= 4 is 0 Å². The lowest BCUT2D eigenvalue weighted by atomic mass is 9.48. The van der Waals surface area contributed by atoms with E-state index in [0.717, 1.165) is 30.5 Å². The highest BCUT2D eigenvalue weighted by Gasteiger charge is 2.58. The Hall–Kier alpha value is -1.74. The molecule has 1 N–H and O–H groups in total. The quantitative estimate of drug-likeness (QED) is 0.888. The Morgan fingerprint density at radius 2 is 1.38 bits per heavy atom. The molecule has 0 amide bonds. The van der Waals surface area contributed by atoms with E-state index in [-0.39, 0.29) is 17.0 Å². The minimum absolute atomic E-state index is 0.139. The van der Waals surface area contributed by atoms with E-state index in [1.807, 2.05) is 24.3 Å². The summed E-state index contributed by atoms with van der Waals surface area (Å²) in [7, 11) is 0. The van der Waals surface area contributed by atoms with Gasteiger partial charge in [-0.05, 0) is 60.7 Å². The molecular weight excluding hydrogens is 268 g/mol. The molecular formula is C18H17F2N. The van der Waals surface area contributed by atoms with Crippen LogP contribution in [0.2, 0.25) is 0 Å². The van der Waals surface area contributed by atoms with Crippen LogP contribution in [0.3, 0.4) is 0 Å². The molecule has 2 aromatic rings. The maximum absolute atomic E-state index is 13.3. The first-order chi connectivity index (χ1) is 10.2. The summed E-state index contributed by atoms with van der Waals surface area (Å²) in [5.74, 6) is 0.107. The molecule has 21 heavy (non-hydrogen) atoms. The Morgan fingerprint density at radius 3 is 1.76 bits per heavy atom. The molecule has 0 radical (unpaired) electrons. The highest BCUT2D eigenvalue weighted by Crippen LogP contribution is 2.56. The largest absolute Gasteiger partial charge is 0.313 e. The SMILES string of the molecule is Fc1ccc(C2(c3ccc(F)cc3)C3CCNC2C3)cc1. The second-order valence-electron chi connectivity index (χ2n) is 6.11. The molecule has 2 aromatic carbocycles. The predicted molar refractivity (Wildman–Crippen MR) is 78.1 cm³/mol. The van der Waals surface area contributed by atoms with Crippen LogP contribution in [0.4, 0.5) is 8.78 Å². The molecule has 1 aliphatic carbocycles. The molecule has 108 valence electrons. The maximum Gasteiger partial charge on any atom is 0.123 e. The third-order valence-corrected chi connectivity index (χ3v) is 5.24. The zero-order valence-electron chi connectivity index (χ0n) is 11.7. The molecule has 2 atom stereocenters. The minimum atomic E-state index is -0.217. The molecule has 1 aliphatic heterocycles. The van der Waals surface area contributed by atoms with Gasteiger partial charge in [0.25, 0.3) is 0 Å². The van der Waals surface area contributed by atoms with Crippen LogP contribution in [0.5, 0.6) is 0 Å². The van der Waals surface area contributed by atoms with Gasteiger partial charge in [-0.3, -0.25) is 0 Å². The first-order valence-corrected chi connectivity index (χ1v) is 7.47. The lowest BCUT2D eigenvalue weighted by Gasteiger charge is -2.61. The molecule has 4 rings (SSSR count). The lowest BCUT2D eigenvalue weighted by molar-refractivity contribution is 0.0469. The van der Waals surface area contributed by atoms with E-state index < -0.39 is 0 Å². The van der Waals surface area contributed by atoms with E-state index in [9.17, 15) is 8.78 Å². The second-order valence-corrected chi connectivity index (χ2v) is 6.11. The normalized spacial score (nSPS) is 26.2. The topological polar surface area (TPSA) is 12.0 Å². The fourth-order valence-corrected chi connectivity index (χ4v) is 4.29. The predicted octanol–water partition coefficient (Wildman–Crippen LogP) is 3.63. The van der Waals surface area contributed by atoms with Crippen molar-refractivity contribution in [2.24, 2.45) is 5.92 Å². The molecule has 1 heterocycles. The van der Waals surface area contributed by atoms with Crippen LogP contribution in [-0.2, 0) is 5.41 Å². The van der Waals surface area contributed by atoms with Gasteiger partial charge in [0.15, 0.2) is 0 Å². The van der Waals surface area contributed by atoms with Gasteiger partial charge in [-0.15, -0.1) is 0 Å². The Balaban J connectivity index is 1.87. The molecule has 3 heteroatoms. The van der Waals surface area contributed by atoms with Crippen molar-refractivity contribution < 1.29 is 8.78 Å². The first kappa shape index (κ1) is 13.0. The zero-order chi connectivity index (χ0) is 14.4. The summed E-state index contributed by atoms with van der Waals surface area (Å²) < 4.78 is 26.6. The van der Waals surface area contributed by atoms with Crippen LogP contribution in [0, 0.1) is 17.6 Å². The minimum Gasteiger partial charge on any atom is -0.313 e. The van der Waals surface area contributed by atoms with Gasteiger partial charge in [0.2, 0.25) is 0 Å². The molecule has 1 saturated heterocycles. The number of piperidine rings is 2. The maximum atomic E-state index is 13.3. The van der Waals surface area contributed by atoms with Crippen LogP contribution in [0.1, 0.15) is 24.0 Å². The van der Waals surface area contributed by atoms with Crippen LogP contribution in [0.15, 0.2) is 48.5 Å². The van der Waals surface area contributed by atoms with Gasteiger partial charge in [0.05, 0.1) is 0 Å². The number of hydrogen-bond acceptors (Lipinski definition) is 1. The molecule has 2 aliphatic rings. The number of hydrogen-bond donors (Lipinski definition) is 1. The van der Waals surface area contributed by atoms with Gasteiger partial charge in [-0.25, -0.2) is 8.78 Å².